The van der Waals surface area contributed by atoms with Gasteiger partial charge >= 0.3 is 6.09 Å². The van der Waals surface area contributed by atoms with Crippen LogP contribution in [0.2, 0.25) is 0 Å². The molecule has 1 aromatic rings. The van der Waals surface area contributed by atoms with Gasteiger partial charge in [0.05, 0.1) is 0 Å². The lowest BCUT2D eigenvalue weighted by molar-refractivity contribution is -0.124. The molecule has 1 aliphatic rings. The molecule has 19 heavy (non-hydrogen) atoms. The number of hydrogen-bond acceptors (Lipinski definition) is 3. The van der Waals surface area contributed by atoms with Gasteiger partial charge in [0.25, 0.3) is 5.91 Å². The lowest BCUT2D eigenvalue weighted by Gasteiger charge is -2.18. The van der Waals surface area contributed by atoms with Gasteiger partial charge in [-0.3, -0.25) is 4.79 Å². The topological polar surface area (TPSA) is 46.6 Å². The van der Waals surface area contributed by atoms with Crippen LogP contribution in [0.25, 0.3) is 0 Å². The van der Waals surface area contributed by atoms with Gasteiger partial charge in [-0.25, -0.2) is 9.69 Å². The van der Waals surface area contributed by atoms with Crippen LogP contribution in [-0.2, 0) is 9.53 Å². The van der Waals surface area contributed by atoms with Crippen LogP contribution in [-0.4, -0.2) is 23.5 Å². The molecule has 1 aliphatic heterocycles. The maximum atomic E-state index is 12.1. The molecule has 0 aromatic heterocycles. The van der Waals surface area contributed by atoms with E-state index in [1.165, 1.54) is 11.0 Å². The van der Waals surface area contributed by atoms with E-state index in [1.807, 2.05) is 44.2 Å². The smallest absolute Gasteiger partial charge is 0.417 e. The lowest BCUT2D eigenvalue weighted by Crippen LogP contribution is -2.32. The Morgan fingerprint density at radius 3 is 2.68 bits per heavy atom. The third-order valence-corrected chi connectivity index (χ3v) is 2.92. The summed E-state index contributed by atoms with van der Waals surface area (Å²) in [6.07, 6.45) is 2.63. The maximum absolute atomic E-state index is 12.1. The Bertz CT molecular complexity index is 493. The van der Waals surface area contributed by atoms with E-state index in [0.29, 0.717) is 0 Å². The monoisotopic (exact) mass is 259 g/mol. The third-order valence-electron chi connectivity index (χ3n) is 2.92. The first-order valence-electron chi connectivity index (χ1n) is 6.32. The van der Waals surface area contributed by atoms with Gasteiger partial charge in [0.2, 0.25) is 0 Å². The number of benzene rings is 1. The molecule has 1 atom stereocenters. The Balaban J connectivity index is 2.21. The van der Waals surface area contributed by atoms with Crippen molar-refractivity contribution in [3.63, 3.8) is 0 Å². The Kier molecular flexibility index (Phi) is 4.00. The molecular weight excluding hydrogens is 242 g/mol. The predicted octanol–water partition coefficient (Wildman–Crippen LogP) is 2.92. The summed E-state index contributed by atoms with van der Waals surface area (Å²) in [6, 6.07) is 9.09. The molecule has 0 N–H and O–H groups in total. The second-order valence-electron chi connectivity index (χ2n) is 4.81. The van der Waals surface area contributed by atoms with E-state index in [1.54, 1.807) is 6.08 Å². The zero-order chi connectivity index (χ0) is 13.8. The number of ether oxygens (including phenoxy) is 1. The van der Waals surface area contributed by atoms with Crippen LogP contribution < -0.4 is 0 Å². The highest BCUT2D eigenvalue weighted by Gasteiger charge is 2.37. The van der Waals surface area contributed by atoms with Crippen molar-refractivity contribution in [1.29, 1.82) is 0 Å². The minimum atomic E-state index is -0.577. The molecule has 0 aliphatic carbocycles. The summed E-state index contributed by atoms with van der Waals surface area (Å²) in [5, 5.41) is 0. The van der Waals surface area contributed by atoms with E-state index in [0.717, 1.165) is 5.56 Å². The Hall–Kier alpha value is -2.10. The number of cyclic esters (lactones) is 1. The molecule has 1 aromatic carbocycles. The zero-order valence-electron chi connectivity index (χ0n) is 11.1. The van der Waals surface area contributed by atoms with E-state index >= 15 is 0 Å². The normalized spacial score (nSPS) is 19.2. The van der Waals surface area contributed by atoms with Gasteiger partial charge < -0.3 is 4.74 Å². The standard InChI is InChI=1S/C15H17NO3/c1-11(2)8-9-14(17)16-13(10-19-15(16)18)12-6-4-3-5-7-12/h3-9,11,13H,10H2,1-2H3/t13-/m0/s1. The van der Waals surface area contributed by atoms with Gasteiger partial charge in [0, 0.05) is 0 Å². The van der Waals surface area contributed by atoms with E-state index < -0.39 is 6.09 Å². The number of imide groups is 1. The SMILES string of the molecule is CC(C)C=CC(=O)N1C(=O)OC[C@H]1c1ccccc1. The molecule has 1 heterocycles. The summed E-state index contributed by atoms with van der Waals surface area (Å²) >= 11 is 0. The van der Waals surface area contributed by atoms with Crippen LogP contribution in [0.15, 0.2) is 42.5 Å². The number of amides is 2. The second kappa shape index (κ2) is 5.69. The minimum absolute atomic E-state index is 0.212. The van der Waals surface area contributed by atoms with Crippen molar-refractivity contribution >= 4 is 12.0 Å². The average Bonchev–Trinajstić information content (AvgIpc) is 2.79. The molecule has 0 unspecified atom stereocenters. The summed E-state index contributed by atoms with van der Waals surface area (Å²) in [7, 11) is 0. The highest BCUT2D eigenvalue weighted by atomic mass is 16.6. The minimum Gasteiger partial charge on any atom is -0.446 e. The zero-order valence-corrected chi connectivity index (χ0v) is 11.1. The van der Waals surface area contributed by atoms with Crippen LogP contribution in [0, 0.1) is 5.92 Å². The average molecular weight is 259 g/mol. The molecule has 1 fully saturated rings. The van der Waals surface area contributed by atoms with Gasteiger partial charge in [0.1, 0.15) is 12.6 Å². The van der Waals surface area contributed by atoms with E-state index in [4.69, 9.17) is 4.74 Å². The molecule has 0 radical (unpaired) electrons. The van der Waals surface area contributed by atoms with Crippen molar-refractivity contribution in [2.45, 2.75) is 19.9 Å². The van der Waals surface area contributed by atoms with Crippen LogP contribution in [0.4, 0.5) is 4.79 Å². The highest BCUT2D eigenvalue weighted by Crippen LogP contribution is 2.27. The predicted molar refractivity (Wildman–Crippen MR) is 71.4 cm³/mol. The fraction of sp³-hybridized carbons (Fsp3) is 0.333. The molecule has 0 spiro atoms. The number of rotatable bonds is 3. The summed E-state index contributed by atoms with van der Waals surface area (Å²) in [5.74, 6) is -0.0669. The Morgan fingerprint density at radius 1 is 1.37 bits per heavy atom. The summed E-state index contributed by atoms with van der Waals surface area (Å²) in [6.45, 7) is 4.16. The van der Waals surface area contributed by atoms with Crippen LogP contribution in [0.5, 0.6) is 0 Å². The fourth-order valence-corrected chi connectivity index (χ4v) is 1.94. The Morgan fingerprint density at radius 2 is 2.05 bits per heavy atom. The van der Waals surface area contributed by atoms with E-state index in [-0.39, 0.29) is 24.5 Å². The Labute approximate surface area is 112 Å². The molecule has 4 nitrogen and oxygen atoms in total. The van der Waals surface area contributed by atoms with Crippen molar-refractivity contribution in [3.8, 4) is 0 Å². The second-order valence-corrected chi connectivity index (χ2v) is 4.81. The summed E-state index contributed by atoms with van der Waals surface area (Å²) in [4.78, 5) is 25.0. The molecule has 100 valence electrons. The van der Waals surface area contributed by atoms with Crippen molar-refractivity contribution in [1.82, 2.24) is 4.90 Å². The fourth-order valence-electron chi connectivity index (χ4n) is 1.94. The van der Waals surface area contributed by atoms with Crippen LogP contribution in [0.1, 0.15) is 25.5 Å². The van der Waals surface area contributed by atoms with E-state index in [2.05, 4.69) is 0 Å². The molecule has 4 heteroatoms. The molecule has 0 saturated carbocycles. The van der Waals surface area contributed by atoms with Gasteiger partial charge in [0.15, 0.2) is 0 Å². The maximum Gasteiger partial charge on any atom is 0.417 e. The molecule has 1 saturated heterocycles. The number of carbonyl (C=O) groups excluding carboxylic acids is 2. The first-order valence-corrected chi connectivity index (χ1v) is 6.32. The van der Waals surface area contributed by atoms with Crippen LogP contribution >= 0.6 is 0 Å². The molecule has 0 bridgehead atoms. The summed E-state index contributed by atoms with van der Waals surface area (Å²) < 4.78 is 4.99. The first kappa shape index (κ1) is 13.3. The lowest BCUT2D eigenvalue weighted by atomic mass is 10.1. The van der Waals surface area contributed by atoms with Gasteiger partial charge in [-0.15, -0.1) is 0 Å². The van der Waals surface area contributed by atoms with Crippen molar-refractivity contribution in [3.05, 3.63) is 48.0 Å². The van der Waals surface area contributed by atoms with Crippen molar-refractivity contribution < 1.29 is 14.3 Å². The quantitative estimate of drug-likeness (QED) is 0.784. The van der Waals surface area contributed by atoms with Crippen molar-refractivity contribution in [2.24, 2.45) is 5.92 Å². The van der Waals surface area contributed by atoms with Crippen molar-refractivity contribution in [2.75, 3.05) is 6.61 Å². The van der Waals surface area contributed by atoms with E-state index in [9.17, 15) is 9.59 Å². The summed E-state index contributed by atoms with van der Waals surface area (Å²) in [5.41, 5.74) is 0.902. The van der Waals surface area contributed by atoms with Gasteiger partial charge in [-0.1, -0.05) is 50.3 Å². The largest absolute Gasteiger partial charge is 0.446 e. The van der Waals surface area contributed by atoms with Gasteiger partial charge in [-0.2, -0.15) is 0 Å². The van der Waals surface area contributed by atoms with Gasteiger partial charge in [-0.05, 0) is 17.6 Å². The number of nitrogens with zero attached hydrogens (tertiary/aromatic N) is 1. The molecule has 2 rings (SSSR count). The highest BCUT2D eigenvalue weighted by molar-refractivity contribution is 5.99. The number of hydrogen-bond donors (Lipinski definition) is 0. The number of allylic oxidation sites excluding steroid dienone is 1. The first-order chi connectivity index (χ1) is 9.09. The molecule has 2 amide bonds. The molecular formula is C15H17NO3. The third kappa shape index (κ3) is 3.02. The van der Waals surface area contributed by atoms with Crippen LogP contribution in [0.3, 0.4) is 0 Å². The number of carbonyl (C=O) groups is 2.